The molecule has 8 nitrogen and oxygen atoms in total. The highest BCUT2D eigenvalue weighted by Gasteiger charge is 2.16. The van der Waals surface area contributed by atoms with Gasteiger partial charge in [-0.3, -0.25) is 0 Å². The van der Waals surface area contributed by atoms with Crippen molar-refractivity contribution in [1.82, 2.24) is 9.97 Å². The Morgan fingerprint density at radius 2 is 1.03 bits per heavy atom. The van der Waals surface area contributed by atoms with Gasteiger partial charge in [-0.2, -0.15) is 11.8 Å². The zero-order chi connectivity index (χ0) is 27.2. The van der Waals surface area contributed by atoms with Gasteiger partial charge in [0.2, 0.25) is 0 Å². The summed E-state index contributed by atoms with van der Waals surface area (Å²) in [6, 6.07) is 19.0. The summed E-state index contributed by atoms with van der Waals surface area (Å²) in [4.78, 5) is 28.0. The van der Waals surface area contributed by atoms with Crippen LogP contribution >= 0.6 is 11.8 Å². The van der Waals surface area contributed by atoms with Crippen molar-refractivity contribution in [1.29, 1.82) is 0 Å². The van der Waals surface area contributed by atoms with Gasteiger partial charge < -0.3 is 30.4 Å². The van der Waals surface area contributed by atoms with E-state index in [1.807, 2.05) is 60.7 Å². The van der Waals surface area contributed by atoms with E-state index in [-0.39, 0.29) is 13.2 Å². The topological polar surface area (TPSA) is 147 Å². The van der Waals surface area contributed by atoms with Gasteiger partial charge in [0.1, 0.15) is 0 Å². The van der Waals surface area contributed by atoms with Crippen LogP contribution in [-0.2, 0) is 0 Å². The first-order chi connectivity index (χ1) is 17.8. The Hall–Kier alpha value is -3.79. The van der Waals surface area contributed by atoms with Crippen LogP contribution < -0.4 is 0 Å². The number of hydrogen-bond donors (Lipinski definition) is 6. The fourth-order valence-corrected chi connectivity index (χ4v) is 3.99. The smallest absolute Gasteiger partial charge is 0.338 e. The van der Waals surface area contributed by atoms with Crippen molar-refractivity contribution < 1.29 is 30.0 Å². The number of aromatic nitrogens is 2. The van der Waals surface area contributed by atoms with E-state index in [1.54, 1.807) is 38.0 Å². The van der Waals surface area contributed by atoms with E-state index >= 15 is 0 Å². The molecule has 0 radical (unpaired) electrons. The molecular formula is C28H32N2O6S. The monoisotopic (exact) mass is 524 g/mol. The minimum atomic E-state index is -0.896. The van der Waals surface area contributed by atoms with E-state index in [0.29, 0.717) is 22.5 Å². The van der Waals surface area contributed by atoms with Crippen LogP contribution in [0.1, 0.15) is 32.1 Å². The number of thioether (sulfide) groups is 1. The van der Waals surface area contributed by atoms with Crippen molar-refractivity contribution in [3.8, 4) is 22.3 Å². The molecule has 196 valence electrons. The van der Waals surface area contributed by atoms with Crippen LogP contribution in [0.5, 0.6) is 0 Å². The van der Waals surface area contributed by atoms with Crippen LogP contribution in [0.4, 0.5) is 0 Å². The lowest BCUT2D eigenvalue weighted by Gasteiger charge is -2.00. The lowest BCUT2D eigenvalue weighted by atomic mass is 10.0. The summed E-state index contributed by atoms with van der Waals surface area (Å²) in [5.74, 6) is -0.318. The van der Waals surface area contributed by atoms with Crippen molar-refractivity contribution in [2.75, 3.05) is 24.7 Å². The standard InChI is InChI=1S/2C12H11NO2.C4H10O2S/c2*1-8-11(12(14)15)10(7-13-8)9-5-3-2-4-6-9;5-1-3-7-4-2-6/h2*2-7,13H,1H3,(H,14,15);5-6H,1-4H2. The van der Waals surface area contributed by atoms with Crippen molar-refractivity contribution in [3.63, 3.8) is 0 Å². The maximum atomic E-state index is 11.1. The van der Waals surface area contributed by atoms with E-state index in [9.17, 15) is 9.59 Å². The Bertz CT molecular complexity index is 1150. The van der Waals surface area contributed by atoms with E-state index in [1.165, 1.54) is 0 Å². The molecule has 2 aromatic carbocycles. The van der Waals surface area contributed by atoms with E-state index in [4.69, 9.17) is 20.4 Å². The summed E-state index contributed by atoms with van der Waals surface area (Å²) in [6.07, 6.45) is 3.46. The van der Waals surface area contributed by atoms with Gasteiger partial charge in [0.05, 0.1) is 24.3 Å². The number of aromatic amines is 2. The quantitative estimate of drug-likeness (QED) is 0.176. The molecule has 4 rings (SSSR count). The van der Waals surface area contributed by atoms with Crippen molar-refractivity contribution in [2.45, 2.75) is 13.8 Å². The summed E-state index contributed by atoms with van der Waals surface area (Å²) < 4.78 is 0. The van der Waals surface area contributed by atoms with Crippen molar-refractivity contribution in [2.24, 2.45) is 0 Å². The molecule has 6 N–H and O–H groups in total. The Labute approximate surface area is 220 Å². The number of benzene rings is 2. The molecule has 37 heavy (non-hydrogen) atoms. The first-order valence-corrected chi connectivity index (χ1v) is 12.7. The molecule has 0 aliphatic carbocycles. The molecule has 0 atom stereocenters. The van der Waals surface area contributed by atoms with Gasteiger partial charge in [-0.1, -0.05) is 60.7 Å². The molecule has 0 spiro atoms. The number of carboxylic acid groups (broad SMARTS) is 2. The first kappa shape index (κ1) is 29.4. The second-order valence-corrected chi connectivity index (χ2v) is 9.03. The molecule has 0 saturated heterocycles. The fourth-order valence-electron chi connectivity index (χ4n) is 3.53. The number of aromatic carboxylic acids is 2. The zero-order valence-electron chi connectivity index (χ0n) is 20.8. The van der Waals surface area contributed by atoms with Crippen LogP contribution in [0.15, 0.2) is 73.1 Å². The zero-order valence-corrected chi connectivity index (χ0v) is 21.6. The van der Waals surface area contributed by atoms with E-state index in [2.05, 4.69) is 9.97 Å². The molecule has 9 heteroatoms. The number of carbonyl (C=O) groups is 2. The van der Waals surface area contributed by atoms with Gasteiger partial charge in [-0.25, -0.2) is 9.59 Å². The minimum Gasteiger partial charge on any atom is -0.478 e. The normalized spacial score (nSPS) is 10.1. The van der Waals surface area contributed by atoms with Gasteiger partial charge in [-0.05, 0) is 25.0 Å². The molecule has 0 unspecified atom stereocenters. The maximum absolute atomic E-state index is 11.1. The van der Waals surface area contributed by atoms with Crippen LogP contribution in [-0.4, -0.2) is 67.1 Å². The molecule has 2 heterocycles. The van der Waals surface area contributed by atoms with E-state index in [0.717, 1.165) is 33.8 Å². The summed E-state index contributed by atoms with van der Waals surface area (Å²) in [7, 11) is 0. The Balaban J connectivity index is 0.000000210. The molecule has 0 fully saturated rings. The first-order valence-electron chi connectivity index (χ1n) is 11.5. The highest BCUT2D eigenvalue weighted by Crippen LogP contribution is 2.26. The Kier molecular flexibility index (Phi) is 12.2. The average molecular weight is 525 g/mol. The second-order valence-electron chi connectivity index (χ2n) is 7.81. The molecule has 0 aliphatic rings. The van der Waals surface area contributed by atoms with Gasteiger partial charge in [0.25, 0.3) is 0 Å². The van der Waals surface area contributed by atoms with Crippen LogP contribution in [0.3, 0.4) is 0 Å². The lowest BCUT2D eigenvalue weighted by molar-refractivity contribution is 0.0686. The summed E-state index contributed by atoms with van der Waals surface area (Å²) in [5.41, 5.74) is 5.37. The third-order valence-corrected chi connectivity index (χ3v) is 6.17. The summed E-state index contributed by atoms with van der Waals surface area (Å²) >= 11 is 1.55. The van der Waals surface area contributed by atoms with Crippen LogP contribution in [0.25, 0.3) is 22.3 Å². The summed E-state index contributed by atoms with van der Waals surface area (Å²) in [6.45, 7) is 3.95. The molecule has 0 bridgehead atoms. The van der Waals surface area contributed by atoms with Gasteiger partial charge in [-0.15, -0.1) is 0 Å². The maximum Gasteiger partial charge on any atom is 0.338 e. The SMILES string of the molecule is Cc1[nH]cc(-c2ccccc2)c1C(=O)O.Cc1[nH]cc(-c2ccccc2)c1C(=O)O.OCCSCCO. The average Bonchev–Trinajstić information content (AvgIpc) is 3.49. The van der Waals surface area contributed by atoms with Gasteiger partial charge in [0, 0.05) is 46.4 Å². The molecule has 0 amide bonds. The fraction of sp³-hybridized carbons (Fsp3) is 0.214. The van der Waals surface area contributed by atoms with Gasteiger partial charge in [0.15, 0.2) is 0 Å². The highest BCUT2D eigenvalue weighted by molar-refractivity contribution is 7.99. The third-order valence-electron chi connectivity index (χ3n) is 5.22. The highest BCUT2D eigenvalue weighted by atomic mass is 32.2. The number of aliphatic hydroxyl groups excluding tert-OH is 2. The molecule has 0 saturated carbocycles. The molecule has 0 aliphatic heterocycles. The summed E-state index contributed by atoms with van der Waals surface area (Å²) in [5, 5.41) is 34.5. The number of hydrogen-bond acceptors (Lipinski definition) is 5. The van der Waals surface area contributed by atoms with Crippen molar-refractivity contribution >= 4 is 23.7 Å². The number of aliphatic hydroxyl groups is 2. The molecule has 2 aromatic heterocycles. The molecular weight excluding hydrogens is 492 g/mol. The predicted octanol–water partition coefficient (Wildman–Crippen LogP) is 5.08. The molecule has 4 aromatic rings. The Morgan fingerprint density at radius 3 is 1.32 bits per heavy atom. The minimum absolute atomic E-state index is 0.213. The number of nitrogens with one attached hydrogen (secondary N) is 2. The number of H-pyrrole nitrogens is 2. The van der Waals surface area contributed by atoms with Crippen molar-refractivity contribution in [3.05, 3.63) is 95.6 Å². The Morgan fingerprint density at radius 1 is 0.676 bits per heavy atom. The number of rotatable bonds is 8. The van der Waals surface area contributed by atoms with Crippen LogP contribution in [0.2, 0.25) is 0 Å². The predicted molar refractivity (Wildman–Crippen MR) is 147 cm³/mol. The number of carboxylic acids is 2. The lowest BCUT2D eigenvalue weighted by Crippen LogP contribution is -1.98. The van der Waals surface area contributed by atoms with Crippen LogP contribution in [0, 0.1) is 13.8 Å². The largest absolute Gasteiger partial charge is 0.478 e. The third kappa shape index (κ3) is 8.68. The number of aryl methyl sites for hydroxylation is 2. The van der Waals surface area contributed by atoms with E-state index < -0.39 is 11.9 Å². The van der Waals surface area contributed by atoms with Gasteiger partial charge >= 0.3 is 11.9 Å². The second kappa shape index (κ2) is 15.4.